The molecule has 0 radical (unpaired) electrons. The Morgan fingerprint density at radius 3 is 1.92 bits per heavy atom. The van der Waals surface area contributed by atoms with Gasteiger partial charge in [0.05, 0.1) is 18.6 Å². The Balaban J connectivity index is 1.86. The van der Waals surface area contributed by atoms with Crippen LogP contribution in [0.4, 0.5) is 0 Å². The van der Waals surface area contributed by atoms with Crippen LogP contribution in [0.15, 0.2) is 46.9 Å². The maximum absolute atomic E-state index is 13.7. The van der Waals surface area contributed by atoms with Crippen molar-refractivity contribution in [2.24, 2.45) is 10.8 Å². The predicted octanol–water partition coefficient (Wildman–Crippen LogP) is 6.26. The van der Waals surface area contributed by atoms with E-state index in [1.807, 2.05) is 6.07 Å². The van der Waals surface area contributed by atoms with Crippen molar-refractivity contribution >= 4 is 28.3 Å². The van der Waals surface area contributed by atoms with Gasteiger partial charge >= 0.3 is 5.97 Å². The van der Waals surface area contributed by atoms with Gasteiger partial charge in [-0.1, -0.05) is 39.8 Å². The van der Waals surface area contributed by atoms with E-state index >= 15 is 0 Å². The summed E-state index contributed by atoms with van der Waals surface area (Å²) in [5.41, 5.74) is 2.15. The SMILES string of the molecule is COc1ccc2c(C)c(C(=O)O)ccc2c1C1C2=C(CC(C)(C)CC2=O)OC2=C1C(=O)CC(C)(C)C2. The average Bonchev–Trinajstić information content (AvgIpc) is 2.75. The van der Waals surface area contributed by atoms with Gasteiger partial charge in [-0.15, -0.1) is 0 Å². The molecule has 0 aromatic heterocycles. The number of carboxylic acids is 1. The lowest BCUT2D eigenvalue weighted by atomic mass is 9.65. The van der Waals surface area contributed by atoms with E-state index in [2.05, 4.69) is 27.7 Å². The van der Waals surface area contributed by atoms with E-state index < -0.39 is 11.9 Å². The van der Waals surface area contributed by atoms with Crippen molar-refractivity contribution in [2.75, 3.05) is 7.11 Å². The maximum Gasteiger partial charge on any atom is 0.335 e. The van der Waals surface area contributed by atoms with Gasteiger partial charge in [-0.3, -0.25) is 9.59 Å². The zero-order valence-corrected chi connectivity index (χ0v) is 21.7. The molecule has 0 bridgehead atoms. The summed E-state index contributed by atoms with van der Waals surface area (Å²) in [6, 6.07) is 7.01. The molecule has 2 aliphatic carbocycles. The number of hydrogen-bond donors (Lipinski definition) is 1. The lowest BCUT2D eigenvalue weighted by Gasteiger charge is -2.43. The first kappa shape index (κ1) is 24.3. The van der Waals surface area contributed by atoms with Gasteiger partial charge in [-0.2, -0.15) is 0 Å². The Bertz CT molecular complexity index is 1370. The van der Waals surface area contributed by atoms with Crippen LogP contribution in [0.25, 0.3) is 10.8 Å². The Labute approximate surface area is 211 Å². The monoisotopic (exact) mass is 488 g/mol. The first-order valence-corrected chi connectivity index (χ1v) is 12.4. The number of ether oxygens (including phenoxy) is 2. The fourth-order valence-corrected chi connectivity index (χ4v) is 6.23. The number of aromatic carboxylic acids is 1. The number of carboxylic acid groups (broad SMARTS) is 1. The van der Waals surface area contributed by atoms with E-state index in [0.717, 1.165) is 16.3 Å². The lowest BCUT2D eigenvalue weighted by molar-refractivity contribution is -0.120. The molecule has 0 atom stereocenters. The van der Waals surface area contributed by atoms with Crippen LogP contribution in [0.2, 0.25) is 0 Å². The smallest absolute Gasteiger partial charge is 0.335 e. The largest absolute Gasteiger partial charge is 0.496 e. The van der Waals surface area contributed by atoms with Crippen LogP contribution in [0.3, 0.4) is 0 Å². The molecule has 0 saturated heterocycles. The molecular formula is C30H32O6. The number of benzene rings is 2. The number of methoxy groups -OCH3 is 1. The van der Waals surface area contributed by atoms with Crippen molar-refractivity contribution in [2.45, 2.75) is 66.2 Å². The number of fused-ring (bicyclic) bond motifs is 1. The van der Waals surface area contributed by atoms with Crippen LogP contribution in [-0.2, 0) is 14.3 Å². The second kappa shape index (κ2) is 8.05. The second-order valence-electron chi connectivity index (χ2n) is 11.9. The minimum Gasteiger partial charge on any atom is -0.496 e. The van der Waals surface area contributed by atoms with Gasteiger partial charge in [-0.05, 0) is 46.2 Å². The average molecular weight is 489 g/mol. The highest BCUT2D eigenvalue weighted by molar-refractivity contribution is 6.08. The first-order chi connectivity index (χ1) is 16.8. The second-order valence-corrected chi connectivity index (χ2v) is 11.9. The Morgan fingerprint density at radius 1 is 0.889 bits per heavy atom. The van der Waals surface area contributed by atoms with Gasteiger partial charge < -0.3 is 14.6 Å². The summed E-state index contributed by atoms with van der Waals surface area (Å²) >= 11 is 0. The topological polar surface area (TPSA) is 89.9 Å². The molecule has 1 heterocycles. The molecule has 1 N–H and O–H groups in total. The van der Waals surface area contributed by atoms with Gasteiger partial charge in [0.15, 0.2) is 11.6 Å². The Kier molecular flexibility index (Phi) is 5.43. The summed E-state index contributed by atoms with van der Waals surface area (Å²) in [6.07, 6.45) is 1.93. The fraction of sp³-hybridized carbons (Fsp3) is 0.433. The third-order valence-corrected chi connectivity index (χ3v) is 7.79. The minimum atomic E-state index is -0.998. The summed E-state index contributed by atoms with van der Waals surface area (Å²) in [7, 11) is 1.57. The fourth-order valence-electron chi connectivity index (χ4n) is 6.23. The molecule has 1 aliphatic heterocycles. The zero-order chi connectivity index (χ0) is 26.2. The molecule has 5 rings (SSSR count). The molecule has 0 amide bonds. The molecule has 2 aromatic rings. The molecule has 0 fully saturated rings. The van der Waals surface area contributed by atoms with Crippen molar-refractivity contribution in [1.82, 2.24) is 0 Å². The molecule has 0 unspecified atom stereocenters. The third kappa shape index (κ3) is 3.74. The summed E-state index contributed by atoms with van der Waals surface area (Å²) in [4.78, 5) is 39.2. The molecule has 3 aliphatic rings. The maximum atomic E-state index is 13.7. The molecule has 6 nitrogen and oxygen atoms in total. The number of hydrogen-bond acceptors (Lipinski definition) is 5. The van der Waals surface area contributed by atoms with Crippen LogP contribution in [0, 0.1) is 17.8 Å². The quantitative estimate of drug-likeness (QED) is 0.549. The number of carbonyl (C=O) groups excluding carboxylic acids is 2. The first-order valence-electron chi connectivity index (χ1n) is 12.4. The molecular weight excluding hydrogens is 456 g/mol. The predicted molar refractivity (Wildman–Crippen MR) is 136 cm³/mol. The summed E-state index contributed by atoms with van der Waals surface area (Å²) in [6.45, 7) is 10.0. The van der Waals surface area contributed by atoms with Crippen molar-refractivity contribution in [3.63, 3.8) is 0 Å². The van der Waals surface area contributed by atoms with E-state index in [1.165, 1.54) is 0 Å². The summed E-state index contributed by atoms with van der Waals surface area (Å²) in [5, 5.41) is 11.2. The number of ketones is 2. The zero-order valence-electron chi connectivity index (χ0n) is 21.7. The van der Waals surface area contributed by atoms with Crippen LogP contribution < -0.4 is 4.74 Å². The van der Waals surface area contributed by atoms with Crippen molar-refractivity contribution in [1.29, 1.82) is 0 Å². The summed E-state index contributed by atoms with van der Waals surface area (Å²) < 4.78 is 12.2. The molecule has 2 aromatic carbocycles. The normalized spacial score (nSPS) is 21.3. The number of allylic oxidation sites excluding steroid dienone is 4. The standard InChI is InChI=1S/C30H32O6/c1-15-16-9-10-21(35-6)24(18(16)8-7-17(15)28(33)34)27-25-19(31)11-29(2,3)13-22(25)36-23-14-30(4,5)12-20(32)26(23)27/h7-10,27H,11-14H2,1-6H3,(H,33,34). The van der Waals surface area contributed by atoms with Gasteiger partial charge in [0.1, 0.15) is 17.3 Å². The van der Waals surface area contributed by atoms with Gasteiger partial charge in [0, 0.05) is 42.4 Å². The molecule has 188 valence electrons. The molecule has 36 heavy (non-hydrogen) atoms. The van der Waals surface area contributed by atoms with E-state index in [9.17, 15) is 19.5 Å². The highest BCUT2D eigenvalue weighted by atomic mass is 16.5. The minimum absolute atomic E-state index is 0.0200. The summed E-state index contributed by atoms with van der Waals surface area (Å²) in [5.74, 6) is 0.186. The van der Waals surface area contributed by atoms with Crippen LogP contribution in [0.1, 0.15) is 80.8 Å². The highest BCUT2D eigenvalue weighted by Gasteiger charge is 2.48. The number of rotatable bonds is 3. The van der Waals surface area contributed by atoms with Crippen molar-refractivity contribution < 1.29 is 29.0 Å². The lowest BCUT2D eigenvalue weighted by Crippen LogP contribution is -2.37. The van der Waals surface area contributed by atoms with Gasteiger partial charge in [0.25, 0.3) is 0 Å². The number of Topliss-reactive ketones (excluding diaryl/α,β-unsaturated/α-hetero) is 2. The van der Waals surface area contributed by atoms with E-state index in [1.54, 1.807) is 32.2 Å². The molecule has 0 spiro atoms. The Hall–Kier alpha value is -3.41. The van der Waals surface area contributed by atoms with Crippen LogP contribution >= 0.6 is 0 Å². The number of carbonyl (C=O) groups is 3. The van der Waals surface area contributed by atoms with E-state index in [4.69, 9.17) is 9.47 Å². The molecule has 0 saturated carbocycles. The van der Waals surface area contributed by atoms with E-state index in [-0.39, 0.29) is 28.0 Å². The van der Waals surface area contributed by atoms with Gasteiger partial charge in [0.2, 0.25) is 0 Å². The van der Waals surface area contributed by atoms with Crippen LogP contribution in [0.5, 0.6) is 5.75 Å². The third-order valence-electron chi connectivity index (χ3n) is 7.79. The Morgan fingerprint density at radius 2 is 1.42 bits per heavy atom. The van der Waals surface area contributed by atoms with Crippen LogP contribution in [-0.4, -0.2) is 29.8 Å². The number of aryl methyl sites for hydroxylation is 1. The van der Waals surface area contributed by atoms with Crippen molar-refractivity contribution in [3.8, 4) is 5.75 Å². The highest BCUT2D eigenvalue weighted by Crippen LogP contribution is 2.55. The van der Waals surface area contributed by atoms with Crippen molar-refractivity contribution in [3.05, 3.63) is 63.6 Å². The molecule has 6 heteroatoms. The van der Waals surface area contributed by atoms with Gasteiger partial charge in [-0.25, -0.2) is 4.79 Å². The van der Waals surface area contributed by atoms with E-state index in [0.29, 0.717) is 59.7 Å².